The second kappa shape index (κ2) is 7.90. The van der Waals surface area contributed by atoms with Crippen molar-refractivity contribution in [3.8, 4) is 11.5 Å². The van der Waals surface area contributed by atoms with Crippen LogP contribution in [-0.2, 0) is 4.79 Å². The number of halogens is 2. The zero-order valence-corrected chi connectivity index (χ0v) is 17.3. The zero-order chi connectivity index (χ0) is 18.8. The van der Waals surface area contributed by atoms with Gasteiger partial charge < -0.3 is 9.64 Å². The van der Waals surface area contributed by atoms with Gasteiger partial charge in [-0.15, -0.1) is 0 Å². The lowest BCUT2D eigenvalue weighted by Crippen LogP contribution is -2.29. The Labute approximate surface area is 177 Å². The Balaban J connectivity index is 1.58. The van der Waals surface area contributed by atoms with Crippen molar-refractivity contribution in [2.24, 2.45) is 0 Å². The Morgan fingerprint density at radius 1 is 0.889 bits per heavy atom. The van der Waals surface area contributed by atoms with Crippen LogP contribution in [0, 0.1) is 0 Å². The summed E-state index contributed by atoms with van der Waals surface area (Å²) in [7, 11) is 0. The fourth-order valence-electron chi connectivity index (χ4n) is 3.29. The van der Waals surface area contributed by atoms with E-state index in [1.807, 2.05) is 59.5 Å². The predicted octanol–water partition coefficient (Wildman–Crippen LogP) is 6.41. The van der Waals surface area contributed by atoms with Gasteiger partial charge >= 0.3 is 0 Å². The highest BCUT2D eigenvalue weighted by atomic mass is 127. The molecule has 0 aliphatic carbocycles. The molecule has 1 aliphatic heterocycles. The maximum Gasteiger partial charge on any atom is 0.240 e. The van der Waals surface area contributed by atoms with E-state index in [0.29, 0.717) is 5.02 Å². The van der Waals surface area contributed by atoms with Gasteiger partial charge in [-0.1, -0.05) is 64.5 Å². The van der Waals surface area contributed by atoms with Crippen LogP contribution >= 0.6 is 34.2 Å². The Morgan fingerprint density at radius 3 is 2.11 bits per heavy atom. The van der Waals surface area contributed by atoms with Crippen molar-refractivity contribution in [1.29, 1.82) is 0 Å². The fourth-order valence-corrected chi connectivity index (χ4v) is 4.20. The molecule has 1 fully saturated rings. The highest BCUT2D eigenvalue weighted by Gasteiger charge is 2.39. The van der Waals surface area contributed by atoms with Gasteiger partial charge in [-0.2, -0.15) is 0 Å². The number of anilines is 1. The first-order chi connectivity index (χ1) is 13.1. The first-order valence-electron chi connectivity index (χ1n) is 8.67. The molecule has 0 N–H and O–H groups in total. The van der Waals surface area contributed by atoms with Gasteiger partial charge in [0.25, 0.3) is 0 Å². The molecule has 1 amide bonds. The normalized spacial score (nSPS) is 19.3. The van der Waals surface area contributed by atoms with Crippen LogP contribution in [0.25, 0.3) is 0 Å². The molecule has 3 nitrogen and oxygen atoms in total. The summed E-state index contributed by atoms with van der Waals surface area (Å²) >= 11 is 8.14. The number of nitrogens with zero attached hydrogens (tertiary/aromatic N) is 1. The molecule has 3 aromatic carbocycles. The second-order valence-corrected chi connectivity index (χ2v) is 8.33. The SMILES string of the molecule is O=C1C(I)CC(c2ccccc2)N1c1ccc(Oc2ccc(Cl)cc2)cc1. The third kappa shape index (κ3) is 3.96. The number of ether oxygens (including phenoxy) is 1. The third-order valence-electron chi connectivity index (χ3n) is 4.60. The van der Waals surface area contributed by atoms with E-state index in [4.69, 9.17) is 16.3 Å². The van der Waals surface area contributed by atoms with E-state index in [-0.39, 0.29) is 15.9 Å². The Bertz CT molecular complexity index is 929. The van der Waals surface area contributed by atoms with E-state index < -0.39 is 0 Å². The van der Waals surface area contributed by atoms with Gasteiger partial charge in [-0.3, -0.25) is 4.79 Å². The summed E-state index contributed by atoms with van der Waals surface area (Å²) in [5.74, 6) is 1.59. The van der Waals surface area contributed by atoms with Crippen molar-refractivity contribution in [2.75, 3.05) is 4.90 Å². The first kappa shape index (κ1) is 18.3. The van der Waals surface area contributed by atoms with E-state index >= 15 is 0 Å². The summed E-state index contributed by atoms with van der Waals surface area (Å²) in [4.78, 5) is 14.7. The third-order valence-corrected chi connectivity index (χ3v) is 5.89. The largest absolute Gasteiger partial charge is 0.457 e. The quantitative estimate of drug-likeness (QED) is 0.313. The number of alkyl halides is 1. The maximum atomic E-state index is 12.8. The predicted molar refractivity (Wildman–Crippen MR) is 117 cm³/mol. The minimum Gasteiger partial charge on any atom is -0.457 e. The number of amides is 1. The van der Waals surface area contributed by atoms with Gasteiger partial charge in [0.2, 0.25) is 5.91 Å². The lowest BCUT2D eigenvalue weighted by atomic mass is 10.0. The first-order valence-corrected chi connectivity index (χ1v) is 10.3. The van der Waals surface area contributed by atoms with Gasteiger partial charge in [0.15, 0.2) is 0 Å². The van der Waals surface area contributed by atoms with Gasteiger partial charge in [-0.25, -0.2) is 0 Å². The maximum absolute atomic E-state index is 12.8. The fraction of sp³-hybridized carbons (Fsp3) is 0.136. The smallest absolute Gasteiger partial charge is 0.240 e. The summed E-state index contributed by atoms with van der Waals surface area (Å²) in [5.41, 5.74) is 2.04. The van der Waals surface area contributed by atoms with Crippen LogP contribution in [0.3, 0.4) is 0 Å². The number of hydrogen-bond acceptors (Lipinski definition) is 2. The molecule has 4 rings (SSSR count). The number of carbonyl (C=O) groups excluding carboxylic acids is 1. The van der Waals surface area contributed by atoms with E-state index in [1.54, 1.807) is 12.1 Å². The summed E-state index contributed by atoms with van der Waals surface area (Å²) < 4.78 is 5.83. The van der Waals surface area contributed by atoms with Crippen LogP contribution in [0.4, 0.5) is 5.69 Å². The zero-order valence-electron chi connectivity index (χ0n) is 14.4. The molecule has 3 aromatic rings. The molecule has 1 saturated heterocycles. The molecule has 1 heterocycles. The van der Waals surface area contributed by atoms with Crippen LogP contribution in [0.2, 0.25) is 5.02 Å². The van der Waals surface area contributed by atoms with E-state index in [2.05, 4.69) is 34.7 Å². The van der Waals surface area contributed by atoms with Gasteiger partial charge in [0.1, 0.15) is 11.5 Å². The van der Waals surface area contributed by atoms with Gasteiger partial charge in [0.05, 0.1) is 9.97 Å². The lowest BCUT2D eigenvalue weighted by molar-refractivity contribution is -0.116. The molecule has 2 atom stereocenters. The van der Waals surface area contributed by atoms with Crippen LogP contribution in [0.5, 0.6) is 11.5 Å². The molecule has 0 radical (unpaired) electrons. The van der Waals surface area contributed by atoms with Crippen molar-refractivity contribution in [2.45, 2.75) is 16.4 Å². The molecular formula is C22H17ClINO2. The summed E-state index contributed by atoms with van der Waals surface area (Å²) in [6, 6.07) is 25.1. The average Bonchev–Trinajstić information content (AvgIpc) is 3.00. The number of hydrogen-bond donors (Lipinski definition) is 0. The van der Waals surface area contributed by atoms with Crippen LogP contribution < -0.4 is 9.64 Å². The topological polar surface area (TPSA) is 29.5 Å². The van der Waals surface area contributed by atoms with Gasteiger partial charge in [0, 0.05) is 10.7 Å². The van der Waals surface area contributed by atoms with Crippen molar-refractivity contribution in [1.82, 2.24) is 0 Å². The molecule has 136 valence electrons. The van der Waals surface area contributed by atoms with Gasteiger partial charge in [-0.05, 0) is 60.5 Å². The Morgan fingerprint density at radius 2 is 1.48 bits per heavy atom. The number of benzene rings is 3. The summed E-state index contributed by atoms with van der Waals surface area (Å²) in [5, 5.41) is 0.672. The molecule has 0 saturated carbocycles. The second-order valence-electron chi connectivity index (χ2n) is 6.39. The Hall–Kier alpha value is -2.05. The lowest BCUT2D eigenvalue weighted by Gasteiger charge is -2.25. The molecule has 0 bridgehead atoms. The average molecular weight is 490 g/mol. The van der Waals surface area contributed by atoms with Crippen molar-refractivity contribution >= 4 is 45.8 Å². The molecule has 0 aromatic heterocycles. The van der Waals surface area contributed by atoms with Crippen LogP contribution in [0.1, 0.15) is 18.0 Å². The molecule has 5 heteroatoms. The Kier molecular flexibility index (Phi) is 5.36. The molecule has 27 heavy (non-hydrogen) atoms. The van der Waals surface area contributed by atoms with E-state index in [0.717, 1.165) is 29.2 Å². The highest BCUT2D eigenvalue weighted by Crippen LogP contribution is 2.40. The summed E-state index contributed by atoms with van der Waals surface area (Å²) in [6.45, 7) is 0. The molecular weight excluding hydrogens is 473 g/mol. The van der Waals surface area contributed by atoms with Crippen LogP contribution in [0.15, 0.2) is 78.9 Å². The summed E-state index contributed by atoms with van der Waals surface area (Å²) in [6.07, 6.45) is 0.812. The van der Waals surface area contributed by atoms with E-state index in [1.165, 1.54) is 0 Å². The van der Waals surface area contributed by atoms with Crippen LogP contribution in [-0.4, -0.2) is 9.83 Å². The van der Waals surface area contributed by atoms with Crippen molar-refractivity contribution < 1.29 is 9.53 Å². The van der Waals surface area contributed by atoms with Crippen molar-refractivity contribution in [3.63, 3.8) is 0 Å². The van der Waals surface area contributed by atoms with Crippen molar-refractivity contribution in [3.05, 3.63) is 89.4 Å². The van der Waals surface area contributed by atoms with E-state index in [9.17, 15) is 4.79 Å². The molecule has 1 aliphatic rings. The number of carbonyl (C=O) groups is 1. The standard InChI is InChI=1S/C22H17ClINO2/c23-16-6-10-18(11-7-16)27-19-12-8-17(9-13-19)25-21(14-20(24)22(25)26)15-4-2-1-3-5-15/h1-13,20-21H,14H2. The highest BCUT2D eigenvalue weighted by molar-refractivity contribution is 14.1. The minimum absolute atomic E-state index is 0.0159. The monoisotopic (exact) mass is 489 g/mol. The molecule has 0 spiro atoms. The molecule has 2 unspecified atom stereocenters. The number of rotatable bonds is 4. The minimum atomic E-state index is -0.0159.